The van der Waals surface area contributed by atoms with Gasteiger partial charge in [-0.3, -0.25) is 0 Å². The van der Waals surface area contributed by atoms with E-state index >= 15 is 0 Å². The van der Waals surface area contributed by atoms with Crippen molar-refractivity contribution in [1.29, 1.82) is 0 Å². The maximum atomic E-state index is 5.84. The molecule has 0 amide bonds. The van der Waals surface area contributed by atoms with Crippen molar-refractivity contribution in [1.82, 2.24) is 10.1 Å². The molecule has 78 valence electrons. The molecule has 2 N–H and O–H groups in total. The van der Waals surface area contributed by atoms with Gasteiger partial charge in [0.2, 0.25) is 5.89 Å². The van der Waals surface area contributed by atoms with E-state index in [1.54, 1.807) is 11.8 Å². The predicted molar refractivity (Wildman–Crippen MR) is 59.5 cm³/mol. The molecule has 1 aromatic heterocycles. The van der Waals surface area contributed by atoms with E-state index in [-0.39, 0.29) is 0 Å². The predicted octanol–water partition coefficient (Wildman–Crippen LogP) is 2.25. The van der Waals surface area contributed by atoms with Gasteiger partial charge in [-0.25, -0.2) is 0 Å². The van der Waals surface area contributed by atoms with Gasteiger partial charge in [-0.1, -0.05) is 11.2 Å². The first-order valence-electron chi connectivity index (χ1n) is 4.50. The Morgan fingerprint density at radius 1 is 1.47 bits per heavy atom. The van der Waals surface area contributed by atoms with Crippen molar-refractivity contribution in [2.75, 3.05) is 5.73 Å². The summed E-state index contributed by atoms with van der Waals surface area (Å²) in [5, 5.41) is 3.54. The van der Waals surface area contributed by atoms with Crippen LogP contribution in [0.4, 0.5) is 5.69 Å². The molecule has 2 aromatic rings. The Labute approximate surface area is 91.9 Å². The molecule has 0 aliphatic heterocycles. The molecule has 0 atom stereocenters. The second-order valence-electron chi connectivity index (χ2n) is 3.16. The molecule has 0 unspecified atom stereocenters. The van der Waals surface area contributed by atoms with Crippen LogP contribution in [0.25, 0.3) is 0 Å². The van der Waals surface area contributed by atoms with Crippen molar-refractivity contribution < 1.29 is 4.52 Å². The first-order chi connectivity index (χ1) is 7.25. The van der Waals surface area contributed by atoms with Gasteiger partial charge < -0.3 is 10.3 Å². The third-order valence-electron chi connectivity index (χ3n) is 1.93. The summed E-state index contributed by atoms with van der Waals surface area (Å²) < 4.78 is 4.90. The number of hydrogen-bond acceptors (Lipinski definition) is 5. The zero-order valence-corrected chi connectivity index (χ0v) is 9.12. The summed E-state index contributed by atoms with van der Waals surface area (Å²) in [5.74, 6) is 1.26. The van der Waals surface area contributed by atoms with Crippen LogP contribution >= 0.6 is 11.8 Å². The average molecular weight is 221 g/mol. The van der Waals surface area contributed by atoms with E-state index in [0.717, 1.165) is 10.6 Å². The van der Waals surface area contributed by atoms with Gasteiger partial charge in [-0.15, -0.1) is 11.8 Å². The van der Waals surface area contributed by atoms with Crippen molar-refractivity contribution in [2.45, 2.75) is 17.6 Å². The third kappa shape index (κ3) is 2.50. The molecule has 0 saturated heterocycles. The molecular formula is C10H11N3OS. The Balaban J connectivity index is 2.07. The van der Waals surface area contributed by atoms with Crippen LogP contribution in [-0.4, -0.2) is 10.1 Å². The lowest BCUT2D eigenvalue weighted by Crippen LogP contribution is -1.89. The first-order valence-corrected chi connectivity index (χ1v) is 5.49. The minimum absolute atomic E-state index is 0.612. The summed E-state index contributed by atoms with van der Waals surface area (Å²) in [6.45, 7) is 2.04. The number of benzene rings is 1. The minimum Gasteiger partial charge on any atom is -0.398 e. The van der Waals surface area contributed by atoms with Crippen molar-refractivity contribution in [3.63, 3.8) is 0 Å². The van der Waals surface area contributed by atoms with Crippen LogP contribution < -0.4 is 5.73 Å². The summed E-state index contributed by atoms with van der Waals surface area (Å²) >= 11 is 1.60. The van der Waals surface area contributed by atoms with Crippen LogP contribution in [0.3, 0.4) is 0 Å². The van der Waals surface area contributed by atoms with E-state index in [4.69, 9.17) is 10.3 Å². The summed E-state index contributed by atoms with van der Waals surface area (Å²) in [5.41, 5.74) is 7.82. The van der Waals surface area contributed by atoms with Gasteiger partial charge in [-0.2, -0.15) is 4.98 Å². The van der Waals surface area contributed by atoms with Gasteiger partial charge in [0.15, 0.2) is 6.33 Å². The van der Waals surface area contributed by atoms with Gasteiger partial charge in [0.25, 0.3) is 0 Å². The highest BCUT2D eigenvalue weighted by Crippen LogP contribution is 2.28. The minimum atomic E-state index is 0.612. The molecule has 0 fully saturated rings. The second-order valence-corrected chi connectivity index (χ2v) is 4.18. The topological polar surface area (TPSA) is 64.9 Å². The largest absolute Gasteiger partial charge is 0.398 e. The number of nitrogens with two attached hydrogens (primary N) is 1. The van der Waals surface area contributed by atoms with E-state index in [1.165, 1.54) is 11.9 Å². The molecule has 2 rings (SSSR count). The molecule has 4 nitrogen and oxygen atoms in total. The van der Waals surface area contributed by atoms with Crippen LogP contribution in [-0.2, 0) is 5.75 Å². The Kier molecular flexibility index (Phi) is 2.91. The van der Waals surface area contributed by atoms with Crippen molar-refractivity contribution in [2.24, 2.45) is 0 Å². The van der Waals surface area contributed by atoms with Crippen molar-refractivity contribution >= 4 is 17.4 Å². The Bertz CT molecular complexity index is 442. The third-order valence-corrected chi connectivity index (χ3v) is 2.98. The number of aryl methyl sites for hydroxylation is 1. The summed E-state index contributed by atoms with van der Waals surface area (Å²) in [6.07, 6.45) is 1.40. The van der Waals surface area contributed by atoms with Crippen LogP contribution in [0.2, 0.25) is 0 Å². The first kappa shape index (κ1) is 10.0. The molecule has 5 heteroatoms. The Hall–Kier alpha value is -1.49. The Morgan fingerprint density at radius 2 is 2.33 bits per heavy atom. The number of aromatic nitrogens is 2. The monoisotopic (exact) mass is 221 g/mol. The van der Waals surface area contributed by atoms with Gasteiger partial charge in [0.1, 0.15) is 0 Å². The average Bonchev–Trinajstić information content (AvgIpc) is 2.72. The van der Waals surface area contributed by atoms with Crippen LogP contribution in [0.15, 0.2) is 33.9 Å². The zero-order chi connectivity index (χ0) is 10.7. The van der Waals surface area contributed by atoms with Crippen LogP contribution in [0, 0.1) is 6.92 Å². The number of thioether (sulfide) groups is 1. The maximum absolute atomic E-state index is 5.84. The SMILES string of the molecule is Cc1ccc(N)c(SCc2ncno2)c1. The smallest absolute Gasteiger partial charge is 0.236 e. The molecule has 0 aliphatic rings. The van der Waals surface area contributed by atoms with Gasteiger partial charge in [-0.05, 0) is 24.6 Å². The lowest BCUT2D eigenvalue weighted by Gasteiger charge is -2.04. The lowest BCUT2D eigenvalue weighted by molar-refractivity contribution is 0.390. The fourth-order valence-electron chi connectivity index (χ4n) is 1.17. The summed E-state index contributed by atoms with van der Waals surface area (Å²) in [7, 11) is 0. The number of rotatable bonds is 3. The molecule has 0 spiro atoms. The molecule has 15 heavy (non-hydrogen) atoms. The Morgan fingerprint density at radius 3 is 3.07 bits per heavy atom. The van der Waals surface area contributed by atoms with Gasteiger partial charge >= 0.3 is 0 Å². The van der Waals surface area contributed by atoms with Gasteiger partial charge in [0, 0.05) is 10.6 Å². The molecule has 1 aromatic carbocycles. The van der Waals surface area contributed by atoms with Crippen LogP contribution in [0.1, 0.15) is 11.5 Å². The molecular weight excluding hydrogens is 210 g/mol. The lowest BCUT2D eigenvalue weighted by atomic mass is 10.2. The molecule has 0 bridgehead atoms. The normalized spacial score (nSPS) is 10.5. The van der Waals surface area contributed by atoms with E-state index in [9.17, 15) is 0 Å². The van der Waals surface area contributed by atoms with E-state index in [2.05, 4.69) is 16.2 Å². The number of hydrogen-bond donors (Lipinski definition) is 1. The number of nitrogen functional groups attached to an aromatic ring is 1. The fourth-order valence-corrected chi connectivity index (χ4v) is 2.08. The molecule has 0 aliphatic carbocycles. The molecule has 0 radical (unpaired) electrons. The van der Waals surface area contributed by atoms with Crippen molar-refractivity contribution in [3.05, 3.63) is 36.0 Å². The quantitative estimate of drug-likeness (QED) is 0.636. The summed E-state index contributed by atoms with van der Waals surface area (Å²) in [6, 6.07) is 5.95. The summed E-state index contributed by atoms with van der Waals surface area (Å²) in [4.78, 5) is 4.99. The van der Waals surface area contributed by atoms with E-state index in [1.807, 2.05) is 19.1 Å². The zero-order valence-electron chi connectivity index (χ0n) is 8.30. The number of nitrogens with zero attached hydrogens (tertiary/aromatic N) is 2. The number of anilines is 1. The van der Waals surface area contributed by atoms with E-state index in [0.29, 0.717) is 11.6 Å². The highest BCUT2D eigenvalue weighted by molar-refractivity contribution is 7.98. The second kappa shape index (κ2) is 4.35. The molecule has 1 heterocycles. The van der Waals surface area contributed by atoms with Crippen molar-refractivity contribution in [3.8, 4) is 0 Å². The van der Waals surface area contributed by atoms with Gasteiger partial charge in [0.05, 0.1) is 5.75 Å². The standard InChI is InChI=1S/C10H11N3OS/c1-7-2-3-8(11)9(4-7)15-5-10-12-6-13-14-10/h2-4,6H,5,11H2,1H3. The fraction of sp³-hybridized carbons (Fsp3) is 0.200. The highest BCUT2D eigenvalue weighted by Gasteiger charge is 2.04. The van der Waals surface area contributed by atoms with Crippen LogP contribution in [0.5, 0.6) is 0 Å². The van der Waals surface area contributed by atoms with E-state index < -0.39 is 0 Å². The highest BCUT2D eigenvalue weighted by atomic mass is 32.2. The molecule has 0 saturated carbocycles. The maximum Gasteiger partial charge on any atom is 0.236 e.